The summed E-state index contributed by atoms with van der Waals surface area (Å²) in [5.74, 6) is 0. The Hall–Kier alpha value is -1.34. The van der Waals surface area contributed by atoms with Crippen molar-refractivity contribution in [3.8, 4) is 29.5 Å². The highest BCUT2D eigenvalue weighted by Crippen LogP contribution is 2.40. The zero-order valence-corrected chi connectivity index (χ0v) is 13.4. The van der Waals surface area contributed by atoms with Crippen LogP contribution in [-0.2, 0) is 0 Å². The van der Waals surface area contributed by atoms with Crippen molar-refractivity contribution in [2.75, 3.05) is 0 Å². The third-order valence-electron chi connectivity index (χ3n) is 2.74. The molecule has 0 saturated carbocycles. The Morgan fingerprint density at radius 1 is 0.600 bits per heavy atom. The predicted molar refractivity (Wildman–Crippen MR) is 89.8 cm³/mol. The van der Waals surface area contributed by atoms with Gasteiger partial charge in [-0.1, -0.05) is 0 Å². The summed E-state index contributed by atoms with van der Waals surface area (Å²) in [5.41, 5.74) is 0. The van der Waals surface area contributed by atoms with E-state index >= 15 is 0 Å². The monoisotopic (exact) mass is 332 g/mol. The summed E-state index contributed by atoms with van der Waals surface area (Å²) in [6, 6.07) is 8.67. The second-order valence-electron chi connectivity index (χ2n) is 4.00. The number of nitrogens with zero attached hydrogens (tertiary/aromatic N) is 2. The third kappa shape index (κ3) is 2.25. The third-order valence-corrected chi connectivity index (χ3v) is 6.99. The van der Waals surface area contributed by atoms with Crippen molar-refractivity contribution in [3.05, 3.63) is 47.4 Å². The molecular weight excluding hydrogens is 324 g/mol. The first-order valence-electron chi connectivity index (χ1n) is 5.90. The Labute approximate surface area is 132 Å². The van der Waals surface area contributed by atoms with Crippen LogP contribution in [0.5, 0.6) is 0 Å². The summed E-state index contributed by atoms with van der Waals surface area (Å²) in [6.45, 7) is 0. The van der Waals surface area contributed by atoms with Gasteiger partial charge in [-0.3, -0.25) is 0 Å². The van der Waals surface area contributed by atoms with E-state index in [4.69, 9.17) is 0 Å². The minimum Gasteiger partial charge on any atom is -0.244 e. The highest BCUT2D eigenvalue weighted by Gasteiger charge is 2.10. The fourth-order valence-electron chi connectivity index (χ4n) is 1.86. The summed E-state index contributed by atoms with van der Waals surface area (Å²) < 4.78 is 0. The molecule has 98 valence electrons. The van der Waals surface area contributed by atoms with Gasteiger partial charge in [0, 0.05) is 32.9 Å². The number of rotatable bonds is 3. The Balaban J connectivity index is 1.68. The summed E-state index contributed by atoms with van der Waals surface area (Å²) in [5, 5.41) is 6.22. The summed E-state index contributed by atoms with van der Waals surface area (Å²) in [4.78, 5) is 13.8. The molecule has 0 amide bonds. The lowest BCUT2D eigenvalue weighted by molar-refractivity contribution is 1.43. The zero-order valence-electron chi connectivity index (χ0n) is 10.1. The van der Waals surface area contributed by atoms with Crippen LogP contribution in [0.25, 0.3) is 29.5 Å². The number of thiazole rings is 2. The minimum atomic E-state index is 1.10. The number of thiophene rings is 2. The summed E-state index contributed by atoms with van der Waals surface area (Å²) in [6.07, 6.45) is 3.70. The van der Waals surface area contributed by atoms with Crippen molar-refractivity contribution in [2.45, 2.75) is 0 Å². The second-order valence-corrected chi connectivity index (χ2v) is 7.96. The molecule has 0 fully saturated rings. The fraction of sp³-hybridized carbons (Fsp3) is 0. The zero-order chi connectivity index (χ0) is 13.4. The Kier molecular flexibility index (Phi) is 3.23. The van der Waals surface area contributed by atoms with E-state index < -0.39 is 0 Å². The van der Waals surface area contributed by atoms with Crippen LogP contribution >= 0.6 is 45.3 Å². The molecule has 4 aromatic rings. The van der Waals surface area contributed by atoms with Crippen molar-refractivity contribution in [3.63, 3.8) is 0 Å². The molecule has 0 aliphatic rings. The molecular formula is C14H8N2S4. The molecule has 0 aliphatic carbocycles. The molecule has 0 radical (unpaired) electrons. The van der Waals surface area contributed by atoms with Gasteiger partial charge in [-0.15, -0.1) is 45.3 Å². The van der Waals surface area contributed by atoms with Crippen LogP contribution in [-0.4, -0.2) is 9.97 Å². The standard InChI is InChI=1S/C14H8N2S4/c1-3-11(13-15-5-7-17-13)19-9(1)10-2-4-12(20-10)14-16-6-8-18-14/h1-8H. The normalized spacial score (nSPS) is 11.0. The lowest BCUT2D eigenvalue weighted by Crippen LogP contribution is -1.64. The molecule has 2 nitrogen and oxygen atoms in total. The molecule has 0 aliphatic heterocycles. The van der Waals surface area contributed by atoms with Crippen molar-refractivity contribution in [1.29, 1.82) is 0 Å². The van der Waals surface area contributed by atoms with Gasteiger partial charge in [0.1, 0.15) is 10.0 Å². The summed E-state index contributed by atoms with van der Waals surface area (Å²) >= 11 is 6.96. The first kappa shape index (κ1) is 12.4. The van der Waals surface area contributed by atoms with E-state index in [0.717, 1.165) is 10.0 Å². The van der Waals surface area contributed by atoms with Gasteiger partial charge in [-0.2, -0.15) is 0 Å². The molecule has 20 heavy (non-hydrogen) atoms. The molecule has 0 spiro atoms. The van der Waals surface area contributed by atoms with E-state index in [1.54, 1.807) is 45.3 Å². The van der Waals surface area contributed by atoms with E-state index in [1.165, 1.54) is 19.5 Å². The van der Waals surface area contributed by atoms with E-state index in [-0.39, 0.29) is 0 Å². The van der Waals surface area contributed by atoms with Crippen molar-refractivity contribution >= 4 is 45.3 Å². The minimum absolute atomic E-state index is 1.10. The van der Waals surface area contributed by atoms with Crippen molar-refractivity contribution in [1.82, 2.24) is 9.97 Å². The maximum absolute atomic E-state index is 4.36. The molecule has 6 heteroatoms. The Bertz CT molecular complexity index is 739. The second kappa shape index (κ2) is 5.21. The lowest BCUT2D eigenvalue weighted by Gasteiger charge is -1.90. The largest absolute Gasteiger partial charge is 0.244 e. The van der Waals surface area contributed by atoms with E-state index in [1.807, 2.05) is 23.2 Å². The molecule has 0 saturated heterocycles. The van der Waals surface area contributed by atoms with Crippen LogP contribution in [0.4, 0.5) is 0 Å². The molecule has 4 aromatic heterocycles. The van der Waals surface area contributed by atoms with Crippen LogP contribution in [0.2, 0.25) is 0 Å². The molecule has 0 unspecified atom stereocenters. The fourth-order valence-corrected chi connectivity index (χ4v) is 5.40. The number of hydrogen-bond donors (Lipinski definition) is 0. The highest BCUT2D eigenvalue weighted by atomic mass is 32.1. The van der Waals surface area contributed by atoms with Gasteiger partial charge in [0.15, 0.2) is 0 Å². The SMILES string of the molecule is c1csc(-c2ccc(-c3ccc(-c4nccs4)s3)s2)n1. The van der Waals surface area contributed by atoms with E-state index in [2.05, 4.69) is 34.2 Å². The van der Waals surface area contributed by atoms with Crippen molar-refractivity contribution in [2.24, 2.45) is 0 Å². The molecule has 4 rings (SSSR count). The van der Waals surface area contributed by atoms with E-state index in [9.17, 15) is 0 Å². The Morgan fingerprint density at radius 2 is 1.05 bits per heavy atom. The Morgan fingerprint density at radius 3 is 1.45 bits per heavy atom. The van der Waals surface area contributed by atoms with Crippen LogP contribution in [0.1, 0.15) is 0 Å². The number of hydrogen-bond acceptors (Lipinski definition) is 6. The van der Waals surface area contributed by atoms with Gasteiger partial charge >= 0.3 is 0 Å². The maximum atomic E-state index is 4.36. The molecule has 0 bridgehead atoms. The summed E-state index contributed by atoms with van der Waals surface area (Å²) in [7, 11) is 0. The van der Waals surface area contributed by atoms with Gasteiger partial charge in [-0.05, 0) is 24.3 Å². The van der Waals surface area contributed by atoms with Gasteiger partial charge in [0.05, 0.1) is 9.75 Å². The van der Waals surface area contributed by atoms with Gasteiger partial charge < -0.3 is 0 Å². The van der Waals surface area contributed by atoms with Crippen LogP contribution < -0.4 is 0 Å². The smallest absolute Gasteiger partial charge is 0.133 e. The molecule has 0 atom stereocenters. The lowest BCUT2D eigenvalue weighted by atomic mass is 10.3. The first-order chi connectivity index (χ1) is 9.90. The highest BCUT2D eigenvalue weighted by molar-refractivity contribution is 7.28. The van der Waals surface area contributed by atoms with Crippen molar-refractivity contribution < 1.29 is 0 Å². The predicted octanol–water partition coefficient (Wildman–Crippen LogP) is 5.72. The van der Waals surface area contributed by atoms with Gasteiger partial charge in [0.25, 0.3) is 0 Å². The molecule has 0 aromatic carbocycles. The quantitative estimate of drug-likeness (QED) is 0.479. The molecule has 0 N–H and O–H groups in total. The van der Waals surface area contributed by atoms with Crippen LogP contribution in [0, 0.1) is 0 Å². The van der Waals surface area contributed by atoms with E-state index in [0.29, 0.717) is 0 Å². The average molecular weight is 332 g/mol. The topological polar surface area (TPSA) is 25.8 Å². The maximum Gasteiger partial charge on any atom is 0.133 e. The van der Waals surface area contributed by atoms with Gasteiger partial charge in [-0.25, -0.2) is 9.97 Å². The van der Waals surface area contributed by atoms with Crippen LogP contribution in [0.15, 0.2) is 47.4 Å². The van der Waals surface area contributed by atoms with Crippen LogP contribution in [0.3, 0.4) is 0 Å². The number of aromatic nitrogens is 2. The van der Waals surface area contributed by atoms with Gasteiger partial charge in [0.2, 0.25) is 0 Å². The average Bonchev–Trinajstić information content (AvgIpc) is 3.22. The molecule has 4 heterocycles. The first-order valence-corrected chi connectivity index (χ1v) is 9.29.